The van der Waals surface area contributed by atoms with Gasteiger partial charge in [-0.15, -0.1) is 0 Å². The molecule has 1 amide bonds. The Kier molecular flexibility index (Phi) is 6.41. The molecule has 1 fully saturated rings. The lowest BCUT2D eigenvalue weighted by Gasteiger charge is -2.35. The molecule has 1 saturated heterocycles. The number of para-hydroxylation sites is 2. The molecule has 31 heavy (non-hydrogen) atoms. The number of anilines is 2. The van der Waals surface area contributed by atoms with Crippen LogP contribution in [0.4, 0.5) is 28.9 Å². The molecule has 2 aromatic carbocycles. The van der Waals surface area contributed by atoms with Gasteiger partial charge >= 0.3 is 0 Å². The Morgan fingerprint density at radius 3 is 2.03 bits per heavy atom. The number of amides is 1. The number of sulfonamides is 1. The molecule has 1 aliphatic rings. The SMILES string of the molecule is COc1c(F)c(F)c(C(=O)Nc2ccccc2N2CCN(S(C)(=O)=O)CC2)c(F)c1F. The maximum atomic E-state index is 14.3. The van der Waals surface area contributed by atoms with Gasteiger partial charge in [0.2, 0.25) is 21.7 Å². The summed E-state index contributed by atoms with van der Waals surface area (Å²) in [6, 6.07) is 6.27. The molecule has 0 aromatic heterocycles. The van der Waals surface area contributed by atoms with E-state index in [-0.39, 0.29) is 18.8 Å². The van der Waals surface area contributed by atoms with Gasteiger partial charge in [0.25, 0.3) is 5.91 Å². The maximum Gasteiger partial charge on any atom is 0.261 e. The Labute approximate surface area is 176 Å². The fourth-order valence-corrected chi connectivity index (χ4v) is 4.12. The van der Waals surface area contributed by atoms with Crippen molar-refractivity contribution in [2.45, 2.75) is 0 Å². The number of nitrogens with one attached hydrogen (secondary N) is 1. The van der Waals surface area contributed by atoms with Gasteiger partial charge in [-0.2, -0.15) is 13.1 Å². The highest BCUT2D eigenvalue weighted by atomic mass is 32.2. The lowest BCUT2D eigenvalue weighted by atomic mass is 10.1. The van der Waals surface area contributed by atoms with Crippen molar-refractivity contribution in [3.63, 3.8) is 0 Å². The largest absolute Gasteiger partial charge is 0.491 e. The first-order chi connectivity index (χ1) is 14.6. The number of benzene rings is 2. The summed E-state index contributed by atoms with van der Waals surface area (Å²) in [5, 5.41) is 2.27. The first kappa shape index (κ1) is 22.8. The van der Waals surface area contributed by atoms with E-state index in [4.69, 9.17) is 0 Å². The summed E-state index contributed by atoms with van der Waals surface area (Å²) in [5.41, 5.74) is -0.831. The monoisotopic (exact) mass is 461 g/mol. The van der Waals surface area contributed by atoms with E-state index in [9.17, 15) is 30.8 Å². The Hall–Kier alpha value is -2.86. The molecular formula is C19H19F4N3O4S. The summed E-state index contributed by atoms with van der Waals surface area (Å²) in [6.45, 7) is 1.02. The van der Waals surface area contributed by atoms with Crippen molar-refractivity contribution in [1.82, 2.24) is 4.31 Å². The van der Waals surface area contributed by atoms with E-state index in [0.29, 0.717) is 18.8 Å². The van der Waals surface area contributed by atoms with Crippen LogP contribution in [0.3, 0.4) is 0 Å². The molecule has 0 spiro atoms. The zero-order chi connectivity index (χ0) is 22.9. The Morgan fingerprint density at radius 2 is 1.52 bits per heavy atom. The average Bonchev–Trinajstić information content (AvgIpc) is 2.73. The molecule has 168 valence electrons. The van der Waals surface area contributed by atoms with Crippen LogP contribution in [-0.2, 0) is 10.0 Å². The predicted octanol–water partition coefficient (Wildman–Crippen LogP) is 2.59. The van der Waals surface area contributed by atoms with Gasteiger partial charge in [0.1, 0.15) is 5.56 Å². The Bertz CT molecular complexity index is 1090. The number of hydrogen-bond acceptors (Lipinski definition) is 5. The zero-order valence-electron chi connectivity index (χ0n) is 16.6. The summed E-state index contributed by atoms with van der Waals surface area (Å²) in [6.07, 6.45) is 1.10. The molecule has 0 unspecified atom stereocenters. The number of hydrogen-bond donors (Lipinski definition) is 1. The minimum Gasteiger partial charge on any atom is -0.491 e. The second-order valence-corrected chi connectivity index (χ2v) is 8.77. The minimum absolute atomic E-state index is 0.135. The van der Waals surface area contributed by atoms with E-state index < -0.39 is 50.5 Å². The Balaban J connectivity index is 1.88. The average molecular weight is 461 g/mol. The molecule has 0 radical (unpaired) electrons. The van der Waals surface area contributed by atoms with E-state index in [1.54, 1.807) is 23.1 Å². The summed E-state index contributed by atoms with van der Waals surface area (Å²) in [5.74, 6) is -10.1. The van der Waals surface area contributed by atoms with E-state index >= 15 is 0 Å². The fourth-order valence-electron chi connectivity index (χ4n) is 3.29. The van der Waals surface area contributed by atoms with Gasteiger partial charge in [0, 0.05) is 26.2 Å². The number of rotatable bonds is 5. The highest BCUT2D eigenvalue weighted by Gasteiger charge is 2.31. The minimum atomic E-state index is -3.35. The summed E-state index contributed by atoms with van der Waals surface area (Å²) < 4.78 is 85.4. The summed E-state index contributed by atoms with van der Waals surface area (Å²) in [7, 11) is -2.51. The van der Waals surface area contributed by atoms with Crippen molar-refractivity contribution in [3.05, 3.63) is 53.1 Å². The van der Waals surface area contributed by atoms with E-state index in [1.165, 1.54) is 10.4 Å². The quantitative estimate of drug-likeness (QED) is 0.547. The number of ether oxygens (including phenoxy) is 1. The molecule has 1 aliphatic heterocycles. The highest BCUT2D eigenvalue weighted by Crippen LogP contribution is 2.32. The van der Waals surface area contributed by atoms with E-state index in [2.05, 4.69) is 10.1 Å². The van der Waals surface area contributed by atoms with Crippen LogP contribution in [0.15, 0.2) is 24.3 Å². The zero-order valence-corrected chi connectivity index (χ0v) is 17.4. The van der Waals surface area contributed by atoms with Crippen LogP contribution < -0.4 is 15.0 Å². The van der Waals surface area contributed by atoms with Gasteiger partial charge in [0.05, 0.1) is 24.7 Å². The molecule has 7 nitrogen and oxygen atoms in total. The lowest BCUT2D eigenvalue weighted by molar-refractivity contribution is 0.101. The van der Waals surface area contributed by atoms with Crippen LogP contribution in [0, 0.1) is 23.3 Å². The molecule has 0 bridgehead atoms. The van der Waals surface area contributed by atoms with Crippen molar-refractivity contribution in [2.24, 2.45) is 0 Å². The number of piperazine rings is 1. The van der Waals surface area contributed by atoms with Crippen molar-refractivity contribution in [3.8, 4) is 5.75 Å². The van der Waals surface area contributed by atoms with Gasteiger partial charge in [-0.25, -0.2) is 17.2 Å². The van der Waals surface area contributed by atoms with Crippen LogP contribution in [0.5, 0.6) is 5.75 Å². The van der Waals surface area contributed by atoms with Crippen LogP contribution in [0.2, 0.25) is 0 Å². The normalized spacial score (nSPS) is 15.1. The molecule has 12 heteroatoms. The third-order valence-electron chi connectivity index (χ3n) is 4.85. The lowest BCUT2D eigenvalue weighted by Crippen LogP contribution is -2.48. The second kappa shape index (κ2) is 8.71. The predicted molar refractivity (Wildman–Crippen MR) is 106 cm³/mol. The number of nitrogens with zero attached hydrogens (tertiary/aromatic N) is 2. The maximum absolute atomic E-state index is 14.3. The number of carbonyl (C=O) groups excluding carboxylic acids is 1. The Morgan fingerprint density at radius 1 is 0.968 bits per heavy atom. The van der Waals surface area contributed by atoms with Crippen LogP contribution in [-0.4, -0.2) is 58.2 Å². The van der Waals surface area contributed by atoms with E-state index in [1.807, 2.05) is 0 Å². The van der Waals surface area contributed by atoms with Crippen molar-refractivity contribution in [2.75, 3.05) is 49.8 Å². The van der Waals surface area contributed by atoms with Crippen LogP contribution >= 0.6 is 0 Å². The third-order valence-corrected chi connectivity index (χ3v) is 6.16. The van der Waals surface area contributed by atoms with Crippen LogP contribution in [0.25, 0.3) is 0 Å². The van der Waals surface area contributed by atoms with Gasteiger partial charge < -0.3 is 15.0 Å². The third kappa shape index (κ3) is 4.44. The number of carbonyl (C=O) groups is 1. The molecule has 1 heterocycles. The molecule has 0 aliphatic carbocycles. The molecule has 3 rings (SSSR count). The second-order valence-electron chi connectivity index (χ2n) is 6.78. The molecule has 0 saturated carbocycles. The molecular weight excluding hydrogens is 442 g/mol. The standard InChI is InChI=1S/C19H19F4N3O4S/c1-30-18-16(22)14(20)13(15(21)17(18)23)19(27)24-11-5-3-4-6-12(11)25-7-9-26(10-8-25)31(2,28)29/h3-6H,7-10H2,1-2H3,(H,24,27). The van der Waals surface area contributed by atoms with Gasteiger partial charge in [-0.1, -0.05) is 12.1 Å². The summed E-state index contributed by atoms with van der Waals surface area (Å²) in [4.78, 5) is 14.3. The first-order valence-electron chi connectivity index (χ1n) is 9.06. The van der Waals surface area contributed by atoms with Crippen molar-refractivity contribution in [1.29, 1.82) is 0 Å². The fraction of sp³-hybridized carbons (Fsp3) is 0.316. The number of methoxy groups -OCH3 is 1. The molecule has 2 aromatic rings. The first-order valence-corrected chi connectivity index (χ1v) is 10.9. The van der Waals surface area contributed by atoms with Crippen molar-refractivity contribution >= 4 is 27.3 Å². The smallest absolute Gasteiger partial charge is 0.261 e. The topological polar surface area (TPSA) is 79.0 Å². The molecule has 1 N–H and O–H groups in total. The highest BCUT2D eigenvalue weighted by molar-refractivity contribution is 7.88. The van der Waals surface area contributed by atoms with Gasteiger partial charge in [-0.05, 0) is 12.1 Å². The number of halogens is 4. The van der Waals surface area contributed by atoms with Crippen LogP contribution in [0.1, 0.15) is 10.4 Å². The molecule has 0 atom stereocenters. The summed E-state index contributed by atoms with van der Waals surface area (Å²) >= 11 is 0. The van der Waals surface area contributed by atoms with Crippen molar-refractivity contribution < 1.29 is 35.5 Å². The van der Waals surface area contributed by atoms with E-state index in [0.717, 1.165) is 13.4 Å². The van der Waals surface area contributed by atoms with Gasteiger partial charge in [-0.3, -0.25) is 4.79 Å². The van der Waals surface area contributed by atoms with Gasteiger partial charge in [0.15, 0.2) is 17.4 Å².